The minimum absolute atomic E-state index is 0.189. The van der Waals surface area contributed by atoms with Gasteiger partial charge in [-0.2, -0.15) is 5.10 Å². The molecule has 1 heterocycles. The molecular formula is C12H14N4O2. The first kappa shape index (κ1) is 12.0. The van der Waals surface area contributed by atoms with E-state index >= 15 is 0 Å². The van der Waals surface area contributed by atoms with Gasteiger partial charge in [0.05, 0.1) is 19.0 Å². The maximum absolute atomic E-state index is 11.9. The molecule has 18 heavy (non-hydrogen) atoms. The summed E-state index contributed by atoms with van der Waals surface area (Å²) in [6.45, 7) is 0.418. The lowest BCUT2D eigenvalue weighted by atomic mass is 10.1. The second-order valence-corrected chi connectivity index (χ2v) is 3.75. The zero-order valence-electron chi connectivity index (χ0n) is 9.93. The molecule has 0 aliphatic heterocycles. The third kappa shape index (κ3) is 2.60. The number of hydrogen-bond acceptors (Lipinski definition) is 4. The summed E-state index contributed by atoms with van der Waals surface area (Å²) in [6.07, 6.45) is 3.38. The summed E-state index contributed by atoms with van der Waals surface area (Å²) >= 11 is 0. The fourth-order valence-corrected chi connectivity index (χ4v) is 1.53. The number of aromatic amines is 1. The average molecular weight is 246 g/mol. The van der Waals surface area contributed by atoms with Gasteiger partial charge in [-0.25, -0.2) is 0 Å². The number of carbonyl (C=O) groups is 1. The highest BCUT2D eigenvalue weighted by atomic mass is 16.5. The first-order valence-electron chi connectivity index (χ1n) is 5.40. The highest BCUT2D eigenvalue weighted by molar-refractivity contribution is 5.95. The Morgan fingerprint density at radius 3 is 3.00 bits per heavy atom. The fourth-order valence-electron chi connectivity index (χ4n) is 1.53. The Labute approximate surface area is 104 Å². The molecule has 1 aromatic heterocycles. The summed E-state index contributed by atoms with van der Waals surface area (Å²) in [7, 11) is 1.53. The van der Waals surface area contributed by atoms with E-state index in [-0.39, 0.29) is 5.91 Å². The molecule has 6 heteroatoms. The van der Waals surface area contributed by atoms with Crippen molar-refractivity contribution in [3.8, 4) is 5.75 Å². The maximum Gasteiger partial charge on any atom is 0.251 e. The number of amides is 1. The van der Waals surface area contributed by atoms with Gasteiger partial charge < -0.3 is 15.8 Å². The number of anilines is 1. The third-order valence-electron chi connectivity index (χ3n) is 2.50. The van der Waals surface area contributed by atoms with Crippen molar-refractivity contribution in [2.75, 3.05) is 12.8 Å². The second kappa shape index (κ2) is 5.22. The minimum Gasteiger partial charge on any atom is -0.495 e. The van der Waals surface area contributed by atoms with E-state index in [1.54, 1.807) is 30.6 Å². The van der Waals surface area contributed by atoms with Gasteiger partial charge in [0.15, 0.2) is 0 Å². The Kier molecular flexibility index (Phi) is 3.47. The van der Waals surface area contributed by atoms with E-state index in [0.717, 1.165) is 5.56 Å². The molecule has 0 radical (unpaired) electrons. The number of nitrogens with zero attached hydrogens (tertiary/aromatic N) is 1. The number of ether oxygens (including phenoxy) is 1. The summed E-state index contributed by atoms with van der Waals surface area (Å²) < 4.78 is 5.03. The molecule has 0 atom stereocenters. The summed E-state index contributed by atoms with van der Waals surface area (Å²) in [5, 5.41) is 9.25. The molecule has 2 aromatic rings. The summed E-state index contributed by atoms with van der Waals surface area (Å²) in [4.78, 5) is 11.9. The van der Waals surface area contributed by atoms with E-state index in [1.165, 1.54) is 7.11 Å². The molecule has 0 aliphatic rings. The van der Waals surface area contributed by atoms with Crippen LogP contribution in [0.3, 0.4) is 0 Å². The summed E-state index contributed by atoms with van der Waals surface area (Å²) in [6, 6.07) is 4.92. The highest BCUT2D eigenvalue weighted by Crippen LogP contribution is 2.21. The average Bonchev–Trinajstić information content (AvgIpc) is 2.89. The summed E-state index contributed by atoms with van der Waals surface area (Å²) in [5.74, 6) is 0.368. The van der Waals surface area contributed by atoms with Crippen molar-refractivity contribution in [3.63, 3.8) is 0 Å². The molecule has 0 aliphatic carbocycles. The van der Waals surface area contributed by atoms with E-state index in [4.69, 9.17) is 10.5 Å². The topological polar surface area (TPSA) is 93.0 Å². The van der Waals surface area contributed by atoms with Crippen LogP contribution in [-0.2, 0) is 6.54 Å². The minimum atomic E-state index is -0.189. The Hall–Kier alpha value is -2.50. The standard InChI is InChI=1S/C12H14N4O2/c1-18-11-3-2-9(4-10(11)13)12(17)14-5-8-6-15-16-7-8/h2-4,6-7H,5,13H2,1H3,(H,14,17)(H,15,16). The number of H-pyrrole nitrogens is 1. The van der Waals surface area contributed by atoms with E-state index in [9.17, 15) is 4.79 Å². The summed E-state index contributed by atoms with van der Waals surface area (Å²) in [5.41, 5.74) is 7.58. The zero-order chi connectivity index (χ0) is 13.0. The van der Waals surface area contributed by atoms with Crippen LogP contribution in [0.1, 0.15) is 15.9 Å². The number of nitrogens with one attached hydrogen (secondary N) is 2. The van der Waals surface area contributed by atoms with Gasteiger partial charge in [0.25, 0.3) is 5.91 Å². The molecule has 0 bridgehead atoms. The number of aromatic nitrogens is 2. The number of methoxy groups -OCH3 is 1. The van der Waals surface area contributed by atoms with Crippen molar-refractivity contribution in [2.45, 2.75) is 6.54 Å². The molecule has 1 amide bonds. The van der Waals surface area contributed by atoms with Gasteiger partial charge in [0.2, 0.25) is 0 Å². The molecule has 0 saturated heterocycles. The molecule has 0 fully saturated rings. The molecule has 6 nitrogen and oxygen atoms in total. The van der Waals surface area contributed by atoms with Gasteiger partial charge >= 0.3 is 0 Å². The molecule has 0 saturated carbocycles. The lowest BCUT2D eigenvalue weighted by molar-refractivity contribution is 0.0951. The van der Waals surface area contributed by atoms with Crippen LogP contribution in [0.2, 0.25) is 0 Å². The number of nitrogens with two attached hydrogens (primary N) is 1. The van der Waals surface area contributed by atoms with Crippen LogP contribution in [-0.4, -0.2) is 23.2 Å². The van der Waals surface area contributed by atoms with Crippen LogP contribution >= 0.6 is 0 Å². The van der Waals surface area contributed by atoms with Gasteiger partial charge in [-0.3, -0.25) is 9.89 Å². The molecule has 0 spiro atoms. The second-order valence-electron chi connectivity index (χ2n) is 3.75. The first-order chi connectivity index (χ1) is 8.70. The molecule has 94 valence electrons. The van der Waals surface area contributed by atoms with E-state index in [0.29, 0.717) is 23.5 Å². The van der Waals surface area contributed by atoms with Crippen molar-refractivity contribution < 1.29 is 9.53 Å². The van der Waals surface area contributed by atoms with Gasteiger partial charge in [0, 0.05) is 23.9 Å². The molecule has 0 unspecified atom stereocenters. The SMILES string of the molecule is COc1ccc(C(=O)NCc2cn[nH]c2)cc1N. The number of rotatable bonds is 4. The highest BCUT2D eigenvalue weighted by Gasteiger charge is 2.08. The Balaban J connectivity index is 2.02. The lowest BCUT2D eigenvalue weighted by Crippen LogP contribution is -2.22. The molecule has 2 rings (SSSR count). The number of hydrogen-bond donors (Lipinski definition) is 3. The maximum atomic E-state index is 11.9. The van der Waals surface area contributed by atoms with Crippen LogP contribution in [0.15, 0.2) is 30.6 Å². The Morgan fingerprint density at radius 1 is 1.56 bits per heavy atom. The van der Waals surface area contributed by atoms with Crippen molar-refractivity contribution >= 4 is 11.6 Å². The largest absolute Gasteiger partial charge is 0.495 e. The van der Waals surface area contributed by atoms with Crippen LogP contribution in [0.4, 0.5) is 5.69 Å². The van der Waals surface area contributed by atoms with Crippen LogP contribution < -0.4 is 15.8 Å². The van der Waals surface area contributed by atoms with E-state index < -0.39 is 0 Å². The quantitative estimate of drug-likeness (QED) is 0.700. The van der Waals surface area contributed by atoms with Crippen LogP contribution in [0.5, 0.6) is 5.75 Å². The smallest absolute Gasteiger partial charge is 0.251 e. The zero-order valence-corrected chi connectivity index (χ0v) is 9.93. The Morgan fingerprint density at radius 2 is 2.39 bits per heavy atom. The molecular weight excluding hydrogens is 232 g/mol. The van der Waals surface area contributed by atoms with Crippen molar-refractivity contribution in [1.82, 2.24) is 15.5 Å². The molecule has 4 N–H and O–H groups in total. The van der Waals surface area contributed by atoms with Crippen molar-refractivity contribution in [3.05, 3.63) is 41.7 Å². The number of nitrogen functional groups attached to an aromatic ring is 1. The normalized spacial score (nSPS) is 10.1. The fraction of sp³-hybridized carbons (Fsp3) is 0.167. The van der Waals surface area contributed by atoms with Crippen LogP contribution in [0.25, 0.3) is 0 Å². The van der Waals surface area contributed by atoms with Gasteiger partial charge in [-0.15, -0.1) is 0 Å². The van der Waals surface area contributed by atoms with Gasteiger partial charge in [-0.05, 0) is 18.2 Å². The monoisotopic (exact) mass is 246 g/mol. The predicted molar refractivity (Wildman–Crippen MR) is 67.2 cm³/mol. The van der Waals surface area contributed by atoms with E-state index in [1.807, 2.05) is 0 Å². The number of benzene rings is 1. The molecule has 1 aromatic carbocycles. The van der Waals surface area contributed by atoms with Gasteiger partial charge in [-0.1, -0.05) is 0 Å². The first-order valence-corrected chi connectivity index (χ1v) is 5.40. The Bertz CT molecular complexity index is 537. The van der Waals surface area contributed by atoms with Crippen molar-refractivity contribution in [2.24, 2.45) is 0 Å². The van der Waals surface area contributed by atoms with Gasteiger partial charge in [0.1, 0.15) is 5.75 Å². The predicted octanol–water partition coefficient (Wildman–Crippen LogP) is 0.931. The van der Waals surface area contributed by atoms with Crippen LogP contribution in [0, 0.1) is 0 Å². The lowest BCUT2D eigenvalue weighted by Gasteiger charge is -2.07. The van der Waals surface area contributed by atoms with E-state index in [2.05, 4.69) is 15.5 Å². The third-order valence-corrected chi connectivity index (χ3v) is 2.50. The van der Waals surface area contributed by atoms with Crippen molar-refractivity contribution in [1.29, 1.82) is 0 Å². The number of carbonyl (C=O) groups excluding carboxylic acids is 1.